The van der Waals surface area contributed by atoms with Crippen LogP contribution in [-0.4, -0.2) is 51.5 Å². The standard InChI is InChI=1S/C17H25F3N2O2/c1-22-7-3-4-14(11-22)10-21-9-13-5-6-15(16(8-13)23-2)24-12-17(18,19)20/h5-6,8,14,21H,3-4,7,9-12H2,1-2H3/t14-/m1/s1. The van der Waals surface area contributed by atoms with E-state index >= 15 is 0 Å². The summed E-state index contributed by atoms with van der Waals surface area (Å²) in [6, 6.07) is 5.00. The van der Waals surface area contributed by atoms with Gasteiger partial charge in [0, 0.05) is 13.1 Å². The number of likely N-dealkylation sites (tertiary alicyclic amines) is 1. The largest absolute Gasteiger partial charge is 0.493 e. The van der Waals surface area contributed by atoms with E-state index in [1.54, 1.807) is 12.1 Å². The van der Waals surface area contributed by atoms with Gasteiger partial charge >= 0.3 is 6.18 Å². The Labute approximate surface area is 140 Å². The van der Waals surface area contributed by atoms with Crippen molar-refractivity contribution in [1.29, 1.82) is 0 Å². The highest BCUT2D eigenvalue weighted by Gasteiger charge is 2.29. The van der Waals surface area contributed by atoms with Gasteiger partial charge in [0.15, 0.2) is 18.1 Å². The second kappa shape index (κ2) is 8.58. The number of hydrogen-bond donors (Lipinski definition) is 1. The zero-order valence-corrected chi connectivity index (χ0v) is 14.2. The van der Waals surface area contributed by atoms with Crippen molar-refractivity contribution in [1.82, 2.24) is 10.2 Å². The van der Waals surface area contributed by atoms with E-state index in [1.807, 2.05) is 0 Å². The second-order valence-electron chi connectivity index (χ2n) is 6.29. The molecule has 2 rings (SSSR count). The Morgan fingerprint density at radius 3 is 2.75 bits per heavy atom. The van der Waals surface area contributed by atoms with Crippen LogP contribution in [0.3, 0.4) is 0 Å². The second-order valence-corrected chi connectivity index (χ2v) is 6.29. The smallest absolute Gasteiger partial charge is 0.422 e. The van der Waals surface area contributed by atoms with Crippen molar-refractivity contribution in [2.75, 3.05) is 40.4 Å². The number of rotatable bonds is 7. The first-order valence-electron chi connectivity index (χ1n) is 8.13. The molecule has 4 nitrogen and oxygen atoms in total. The molecule has 1 saturated heterocycles. The summed E-state index contributed by atoms with van der Waals surface area (Å²) in [4.78, 5) is 2.34. The summed E-state index contributed by atoms with van der Waals surface area (Å²) in [5.74, 6) is 1.06. The van der Waals surface area contributed by atoms with E-state index < -0.39 is 12.8 Å². The first-order valence-corrected chi connectivity index (χ1v) is 8.13. The van der Waals surface area contributed by atoms with Crippen molar-refractivity contribution in [2.24, 2.45) is 5.92 Å². The minimum Gasteiger partial charge on any atom is -0.493 e. The molecule has 0 aromatic heterocycles. The van der Waals surface area contributed by atoms with Gasteiger partial charge in [0.05, 0.1) is 7.11 Å². The molecular weight excluding hydrogens is 321 g/mol. The maximum absolute atomic E-state index is 12.2. The Morgan fingerprint density at radius 1 is 1.29 bits per heavy atom. The van der Waals surface area contributed by atoms with Gasteiger partial charge in [-0.1, -0.05) is 6.07 Å². The summed E-state index contributed by atoms with van der Waals surface area (Å²) in [6.45, 7) is 2.51. The summed E-state index contributed by atoms with van der Waals surface area (Å²) in [5.41, 5.74) is 0.954. The monoisotopic (exact) mass is 346 g/mol. The van der Waals surface area contributed by atoms with Crippen LogP contribution in [0.4, 0.5) is 13.2 Å². The van der Waals surface area contributed by atoms with Crippen LogP contribution in [-0.2, 0) is 6.54 Å². The molecule has 0 saturated carbocycles. The zero-order chi connectivity index (χ0) is 17.6. The number of benzene rings is 1. The Balaban J connectivity index is 1.84. The molecule has 1 aromatic rings. The van der Waals surface area contributed by atoms with Gasteiger partial charge in [-0.05, 0) is 56.6 Å². The van der Waals surface area contributed by atoms with Crippen LogP contribution in [0.15, 0.2) is 18.2 Å². The van der Waals surface area contributed by atoms with Crippen LogP contribution < -0.4 is 14.8 Å². The minimum absolute atomic E-state index is 0.104. The van der Waals surface area contributed by atoms with E-state index in [0.717, 1.165) is 25.2 Å². The molecule has 1 fully saturated rings. The lowest BCUT2D eigenvalue weighted by atomic mass is 9.98. The fourth-order valence-corrected chi connectivity index (χ4v) is 2.96. The SMILES string of the molecule is COc1cc(CNC[C@H]2CCCN(C)C2)ccc1OCC(F)(F)F. The molecule has 1 N–H and O–H groups in total. The van der Waals surface area contributed by atoms with Crippen molar-refractivity contribution in [3.8, 4) is 11.5 Å². The number of nitrogens with one attached hydrogen (secondary N) is 1. The molecule has 1 aromatic carbocycles. The fourth-order valence-electron chi connectivity index (χ4n) is 2.96. The van der Waals surface area contributed by atoms with Gasteiger partial charge in [0.25, 0.3) is 0 Å². The Kier molecular flexibility index (Phi) is 6.74. The molecule has 1 atom stereocenters. The summed E-state index contributed by atoms with van der Waals surface area (Å²) in [7, 11) is 3.56. The lowest BCUT2D eigenvalue weighted by Crippen LogP contribution is -2.37. The number of methoxy groups -OCH3 is 1. The van der Waals surface area contributed by atoms with Gasteiger partial charge in [0.2, 0.25) is 0 Å². The quantitative estimate of drug-likeness (QED) is 0.823. The Morgan fingerprint density at radius 2 is 2.08 bits per heavy atom. The molecule has 1 heterocycles. The van der Waals surface area contributed by atoms with Gasteiger partial charge in [0.1, 0.15) is 0 Å². The maximum Gasteiger partial charge on any atom is 0.422 e. The highest BCUT2D eigenvalue weighted by atomic mass is 19.4. The van der Waals surface area contributed by atoms with Crippen molar-refractivity contribution in [3.63, 3.8) is 0 Å². The van der Waals surface area contributed by atoms with Crippen LogP contribution in [0.1, 0.15) is 18.4 Å². The lowest BCUT2D eigenvalue weighted by molar-refractivity contribution is -0.153. The highest BCUT2D eigenvalue weighted by molar-refractivity contribution is 5.43. The van der Waals surface area contributed by atoms with Crippen LogP contribution in [0.2, 0.25) is 0 Å². The summed E-state index contributed by atoms with van der Waals surface area (Å²) >= 11 is 0. The van der Waals surface area contributed by atoms with Gasteiger partial charge in [-0.2, -0.15) is 13.2 Å². The first kappa shape index (κ1) is 18.9. The third-order valence-corrected chi connectivity index (χ3v) is 4.10. The predicted octanol–water partition coefficient (Wildman–Crippen LogP) is 3.07. The Hall–Kier alpha value is -1.47. The summed E-state index contributed by atoms with van der Waals surface area (Å²) < 4.78 is 46.7. The Bertz CT molecular complexity index is 523. The van der Waals surface area contributed by atoms with Gasteiger partial charge < -0.3 is 19.7 Å². The maximum atomic E-state index is 12.2. The average Bonchev–Trinajstić information content (AvgIpc) is 2.52. The number of nitrogens with zero attached hydrogens (tertiary/aromatic N) is 1. The topological polar surface area (TPSA) is 33.7 Å². The van der Waals surface area contributed by atoms with Crippen LogP contribution >= 0.6 is 0 Å². The number of hydrogen-bond acceptors (Lipinski definition) is 4. The minimum atomic E-state index is -4.36. The molecule has 24 heavy (non-hydrogen) atoms. The van der Waals surface area contributed by atoms with Gasteiger partial charge in [-0.25, -0.2) is 0 Å². The van der Waals surface area contributed by atoms with Gasteiger partial charge in [-0.3, -0.25) is 0 Å². The van der Waals surface area contributed by atoms with Crippen molar-refractivity contribution < 1.29 is 22.6 Å². The lowest BCUT2D eigenvalue weighted by Gasteiger charge is -2.29. The molecule has 7 heteroatoms. The van der Waals surface area contributed by atoms with Crippen LogP contribution in [0.25, 0.3) is 0 Å². The molecule has 0 spiro atoms. The molecule has 0 unspecified atom stereocenters. The van der Waals surface area contributed by atoms with Crippen molar-refractivity contribution in [2.45, 2.75) is 25.6 Å². The van der Waals surface area contributed by atoms with E-state index in [4.69, 9.17) is 9.47 Å². The summed E-state index contributed by atoms with van der Waals surface area (Å²) in [6.07, 6.45) is -1.91. The number of ether oxygens (including phenoxy) is 2. The van der Waals surface area contributed by atoms with Gasteiger partial charge in [-0.15, -0.1) is 0 Å². The predicted molar refractivity (Wildman–Crippen MR) is 86.5 cm³/mol. The average molecular weight is 346 g/mol. The number of halogens is 3. The van der Waals surface area contributed by atoms with Crippen molar-refractivity contribution >= 4 is 0 Å². The first-order chi connectivity index (χ1) is 11.4. The van der Waals surface area contributed by atoms with E-state index in [0.29, 0.717) is 18.2 Å². The molecule has 1 aliphatic heterocycles. The number of alkyl halides is 3. The molecule has 0 radical (unpaired) electrons. The molecular formula is C17H25F3N2O2. The van der Waals surface area contributed by atoms with E-state index in [9.17, 15) is 13.2 Å². The molecule has 0 amide bonds. The van der Waals surface area contributed by atoms with E-state index in [2.05, 4.69) is 17.3 Å². The van der Waals surface area contributed by atoms with Crippen LogP contribution in [0, 0.1) is 5.92 Å². The summed E-state index contributed by atoms with van der Waals surface area (Å²) in [5, 5.41) is 3.42. The molecule has 1 aliphatic rings. The highest BCUT2D eigenvalue weighted by Crippen LogP contribution is 2.29. The normalized spacial score (nSPS) is 19.3. The van der Waals surface area contributed by atoms with E-state index in [1.165, 1.54) is 26.0 Å². The number of piperidine rings is 1. The fraction of sp³-hybridized carbons (Fsp3) is 0.647. The molecule has 0 bridgehead atoms. The molecule has 0 aliphatic carbocycles. The van der Waals surface area contributed by atoms with Crippen LogP contribution in [0.5, 0.6) is 11.5 Å². The zero-order valence-electron chi connectivity index (χ0n) is 14.2. The third-order valence-electron chi connectivity index (χ3n) is 4.10. The molecule has 136 valence electrons. The third kappa shape index (κ3) is 6.20. The van der Waals surface area contributed by atoms with E-state index in [-0.39, 0.29) is 5.75 Å². The van der Waals surface area contributed by atoms with Crippen molar-refractivity contribution in [3.05, 3.63) is 23.8 Å².